The predicted molar refractivity (Wildman–Crippen MR) is 265 cm³/mol. The molecule has 12 rings (SSSR count). The molecular weight excluding hydrogens is 749 g/mol. The van der Waals surface area contributed by atoms with Crippen molar-refractivity contribution < 1.29 is 0 Å². The molecule has 0 atom stereocenters. The average molecular weight is 793 g/mol. The maximum Gasteiger partial charge on any atom is 0.0541 e. The summed E-state index contributed by atoms with van der Waals surface area (Å²) in [5.74, 6) is 0. The summed E-state index contributed by atoms with van der Waals surface area (Å²) in [7, 11) is 0. The molecule has 0 N–H and O–H groups in total. The van der Waals surface area contributed by atoms with Crippen molar-refractivity contribution in [1.82, 2.24) is 9.13 Å². The molecule has 0 bridgehead atoms. The molecule has 10 aromatic carbocycles. The van der Waals surface area contributed by atoms with Gasteiger partial charge in [-0.3, -0.25) is 0 Å². The number of rotatable bonds is 5. The van der Waals surface area contributed by atoms with Crippen molar-refractivity contribution in [2.75, 3.05) is 0 Å². The van der Waals surface area contributed by atoms with Gasteiger partial charge in [-0.25, -0.2) is 0 Å². The first kappa shape index (κ1) is 36.2. The van der Waals surface area contributed by atoms with Crippen LogP contribution >= 0.6 is 0 Å². The van der Waals surface area contributed by atoms with E-state index in [1.807, 2.05) is 0 Å². The number of benzene rings is 10. The Bertz CT molecular complexity index is 3710. The second-order valence-corrected chi connectivity index (χ2v) is 17.8. The van der Waals surface area contributed by atoms with E-state index in [0.717, 1.165) is 5.69 Å². The largest absolute Gasteiger partial charge is 0.309 e. The van der Waals surface area contributed by atoms with E-state index in [9.17, 15) is 0 Å². The first-order chi connectivity index (χ1) is 30.4. The minimum Gasteiger partial charge on any atom is -0.309 e. The molecule has 2 aromatic heterocycles. The molecule has 294 valence electrons. The fraction of sp³-hybridized carbons (Fsp3) is 0.0667. The molecule has 0 saturated heterocycles. The topological polar surface area (TPSA) is 9.86 Å². The van der Waals surface area contributed by atoms with Gasteiger partial charge >= 0.3 is 0 Å². The number of nitrogens with zero attached hydrogens (tertiary/aromatic N) is 2. The van der Waals surface area contributed by atoms with Crippen molar-refractivity contribution in [3.63, 3.8) is 0 Å². The zero-order valence-electron chi connectivity index (χ0n) is 35.1. The van der Waals surface area contributed by atoms with Crippen LogP contribution in [0.4, 0.5) is 0 Å². The van der Waals surface area contributed by atoms with E-state index in [2.05, 4.69) is 242 Å². The van der Waals surface area contributed by atoms with Crippen LogP contribution in [0.25, 0.3) is 110 Å². The van der Waals surface area contributed by atoms with Crippen LogP contribution in [0.1, 0.15) is 26.3 Å². The molecule has 0 aliphatic carbocycles. The zero-order chi connectivity index (χ0) is 41.5. The molecule has 2 heteroatoms. The highest BCUT2D eigenvalue weighted by molar-refractivity contribution is 6.17. The number of hydrogen-bond acceptors (Lipinski definition) is 0. The van der Waals surface area contributed by atoms with Crippen molar-refractivity contribution in [2.45, 2.75) is 26.2 Å². The zero-order valence-corrected chi connectivity index (χ0v) is 35.1. The summed E-state index contributed by atoms with van der Waals surface area (Å²) < 4.78 is 4.79. The third-order valence-corrected chi connectivity index (χ3v) is 13.0. The van der Waals surface area contributed by atoms with Crippen LogP contribution in [0.3, 0.4) is 0 Å². The van der Waals surface area contributed by atoms with Gasteiger partial charge in [0, 0.05) is 32.9 Å². The highest BCUT2D eigenvalue weighted by Gasteiger charge is 2.21. The first-order valence-corrected chi connectivity index (χ1v) is 21.7. The normalized spacial score (nSPS) is 12.1. The third-order valence-electron chi connectivity index (χ3n) is 13.0. The van der Waals surface area contributed by atoms with Gasteiger partial charge in [-0.15, -0.1) is 0 Å². The summed E-state index contributed by atoms with van der Waals surface area (Å²) in [6.07, 6.45) is 0. The van der Waals surface area contributed by atoms with Crippen molar-refractivity contribution in [1.29, 1.82) is 0 Å². The van der Waals surface area contributed by atoms with Crippen LogP contribution in [0, 0.1) is 0 Å². The molecule has 62 heavy (non-hydrogen) atoms. The van der Waals surface area contributed by atoms with Gasteiger partial charge in [0.2, 0.25) is 0 Å². The van der Waals surface area contributed by atoms with Crippen LogP contribution < -0.4 is 0 Å². The summed E-state index contributed by atoms with van der Waals surface area (Å²) in [5, 5.41) is 10.0. The third kappa shape index (κ3) is 5.71. The lowest BCUT2D eigenvalue weighted by Gasteiger charge is -2.22. The maximum atomic E-state index is 2.45. The van der Waals surface area contributed by atoms with Crippen molar-refractivity contribution >= 4 is 65.2 Å². The van der Waals surface area contributed by atoms with E-state index in [1.165, 1.54) is 110 Å². The van der Waals surface area contributed by atoms with Gasteiger partial charge in [-0.2, -0.15) is 0 Å². The van der Waals surface area contributed by atoms with Gasteiger partial charge < -0.3 is 9.13 Å². The van der Waals surface area contributed by atoms with Crippen molar-refractivity contribution in [3.05, 3.63) is 218 Å². The van der Waals surface area contributed by atoms with Crippen LogP contribution in [0.15, 0.2) is 212 Å². The minimum absolute atomic E-state index is 0.00404. The number of hydrogen-bond donors (Lipinski definition) is 0. The Labute approximate surface area is 361 Å². The molecule has 0 radical (unpaired) electrons. The van der Waals surface area contributed by atoms with E-state index in [0.29, 0.717) is 0 Å². The van der Waals surface area contributed by atoms with Crippen molar-refractivity contribution in [3.8, 4) is 44.8 Å². The molecule has 0 saturated carbocycles. The average Bonchev–Trinajstić information content (AvgIpc) is 3.83. The molecule has 0 fully saturated rings. The molecule has 12 aromatic rings. The lowest BCUT2D eigenvalue weighted by Crippen LogP contribution is -2.10. The summed E-state index contributed by atoms with van der Waals surface area (Å²) in [6, 6.07) is 78.7. The van der Waals surface area contributed by atoms with Crippen LogP contribution in [-0.2, 0) is 5.41 Å². The van der Waals surface area contributed by atoms with E-state index >= 15 is 0 Å². The molecule has 0 amide bonds. The van der Waals surface area contributed by atoms with Gasteiger partial charge in [-0.05, 0) is 145 Å². The van der Waals surface area contributed by atoms with E-state index in [1.54, 1.807) is 0 Å². The van der Waals surface area contributed by atoms with Crippen LogP contribution in [0.5, 0.6) is 0 Å². The van der Waals surface area contributed by atoms with Crippen LogP contribution in [-0.4, -0.2) is 9.13 Å². The SMILES string of the molecule is CC(C)(C)c1ccc2cc3ccccc3c(-c3ccc(-c4ccc5c(c4)c4ccccc4n5-c4ccccc4)cc3-c3ccc4c(c3)c3ccccc3n4-c3ccccc3)c2c1. The van der Waals surface area contributed by atoms with E-state index in [4.69, 9.17) is 0 Å². The maximum absolute atomic E-state index is 2.45. The van der Waals surface area contributed by atoms with Crippen molar-refractivity contribution in [2.24, 2.45) is 0 Å². The van der Waals surface area contributed by atoms with Gasteiger partial charge in [0.05, 0.1) is 22.1 Å². The minimum atomic E-state index is 0.00404. The molecular formula is C60H44N2. The Balaban J connectivity index is 1.14. The molecule has 0 aliphatic rings. The second kappa shape index (κ2) is 13.9. The van der Waals surface area contributed by atoms with E-state index in [-0.39, 0.29) is 5.41 Å². The van der Waals surface area contributed by atoms with Gasteiger partial charge in [0.15, 0.2) is 0 Å². The quantitative estimate of drug-likeness (QED) is 0.154. The Hall–Kier alpha value is -7.68. The van der Waals surface area contributed by atoms with Gasteiger partial charge in [0.25, 0.3) is 0 Å². The second-order valence-electron chi connectivity index (χ2n) is 17.8. The molecule has 0 unspecified atom stereocenters. The fourth-order valence-electron chi connectivity index (χ4n) is 10.0. The van der Waals surface area contributed by atoms with Gasteiger partial charge in [0.1, 0.15) is 0 Å². The molecule has 2 nitrogen and oxygen atoms in total. The van der Waals surface area contributed by atoms with E-state index < -0.39 is 0 Å². The summed E-state index contributed by atoms with van der Waals surface area (Å²) in [5.41, 5.74) is 15.8. The summed E-state index contributed by atoms with van der Waals surface area (Å²) in [4.78, 5) is 0. The standard InChI is InChI=1S/C60H44N2/c1-60(2,3)44-30-26-42-34-41-16-10-11-21-47(41)59(52(42)38-44)50-31-27-39(40-28-32-57-53(36-40)48-22-12-14-24-55(48)61(57)45-17-6-4-7-18-45)35-51(50)43-29-33-58-54(37-43)49-23-13-15-25-56(49)62(58)46-19-8-5-9-20-46/h4-38H,1-3H3. The lowest BCUT2D eigenvalue weighted by molar-refractivity contribution is 0.591. The molecule has 0 aliphatic heterocycles. The number of para-hydroxylation sites is 4. The number of fused-ring (bicyclic) bond motifs is 8. The lowest BCUT2D eigenvalue weighted by atomic mass is 9.82. The smallest absolute Gasteiger partial charge is 0.0541 e. The van der Waals surface area contributed by atoms with Crippen LogP contribution in [0.2, 0.25) is 0 Å². The first-order valence-electron chi connectivity index (χ1n) is 21.7. The molecule has 0 spiro atoms. The number of aromatic nitrogens is 2. The Kier molecular flexibility index (Phi) is 8.14. The molecule has 2 heterocycles. The Morgan fingerprint density at radius 1 is 0.306 bits per heavy atom. The Morgan fingerprint density at radius 3 is 1.42 bits per heavy atom. The highest BCUT2D eigenvalue weighted by atomic mass is 15.0. The highest BCUT2D eigenvalue weighted by Crippen LogP contribution is 2.46. The summed E-state index contributed by atoms with van der Waals surface area (Å²) in [6.45, 7) is 6.93. The Morgan fingerprint density at radius 2 is 0.790 bits per heavy atom. The van der Waals surface area contributed by atoms with Gasteiger partial charge in [-0.1, -0.05) is 154 Å². The predicted octanol–water partition coefficient (Wildman–Crippen LogP) is 16.5. The fourth-order valence-corrected chi connectivity index (χ4v) is 10.0. The summed E-state index contributed by atoms with van der Waals surface area (Å²) >= 11 is 0. The monoisotopic (exact) mass is 792 g/mol.